The number of nitrogens with zero attached hydrogens (tertiary/aromatic N) is 4. The Labute approximate surface area is 211 Å². The number of aromatic nitrogens is 2. The number of Topliss-reactive ketones (excluding diaryl/α,β-unsaturated/α-hetero) is 1. The van der Waals surface area contributed by atoms with E-state index in [1.165, 1.54) is 5.01 Å². The molecule has 0 saturated heterocycles. The molecular formula is C28H19ClN4O3. The van der Waals surface area contributed by atoms with Crippen molar-refractivity contribution < 1.29 is 14.3 Å². The minimum Gasteiger partial charge on any atom is -0.471 e. The average molecular weight is 495 g/mol. The van der Waals surface area contributed by atoms with E-state index >= 15 is 0 Å². The lowest BCUT2D eigenvalue weighted by Crippen LogP contribution is -2.23. The molecule has 0 bridgehead atoms. The van der Waals surface area contributed by atoms with Crippen LogP contribution in [0.4, 0.5) is 5.69 Å². The van der Waals surface area contributed by atoms with Crippen LogP contribution in [0.25, 0.3) is 11.3 Å². The molecule has 7 nitrogen and oxygen atoms in total. The van der Waals surface area contributed by atoms with E-state index in [4.69, 9.17) is 16.3 Å². The molecule has 3 aromatic carbocycles. The Bertz CT molecular complexity index is 1570. The van der Waals surface area contributed by atoms with Gasteiger partial charge in [-0.05, 0) is 55.5 Å². The smallest absolute Gasteiger partial charge is 0.281 e. The van der Waals surface area contributed by atoms with Gasteiger partial charge in [0.15, 0.2) is 5.78 Å². The molecule has 0 N–H and O–H groups in total. The van der Waals surface area contributed by atoms with Crippen molar-refractivity contribution in [3.8, 4) is 11.6 Å². The summed E-state index contributed by atoms with van der Waals surface area (Å²) in [6, 6.07) is 25.2. The monoisotopic (exact) mass is 494 g/mol. The van der Waals surface area contributed by atoms with E-state index in [0.717, 1.165) is 5.69 Å². The number of amides is 1. The number of hydrazone groups is 1. The van der Waals surface area contributed by atoms with E-state index in [2.05, 4.69) is 10.2 Å². The lowest BCUT2D eigenvalue weighted by atomic mass is 9.90. The van der Waals surface area contributed by atoms with Gasteiger partial charge in [-0.15, -0.1) is 0 Å². The van der Waals surface area contributed by atoms with Crippen LogP contribution in [0, 0.1) is 6.92 Å². The minimum atomic E-state index is -0.392. The second kappa shape index (κ2) is 8.62. The number of para-hydroxylation sites is 2. The zero-order chi connectivity index (χ0) is 24.8. The van der Waals surface area contributed by atoms with E-state index in [1.807, 2.05) is 48.5 Å². The van der Waals surface area contributed by atoms with Crippen molar-refractivity contribution in [1.82, 2.24) is 9.78 Å². The molecule has 1 aromatic heterocycles. The van der Waals surface area contributed by atoms with Gasteiger partial charge in [0.25, 0.3) is 5.91 Å². The van der Waals surface area contributed by atoms with Crippen LogP contribution >= 0.6 is 11.6 Å². The number of halogens is 1. The summed E-state index contributed by atoms with van der Waals surface area (Å²) in [7, 11) is 0. The molecule has 0 aliphatic carbocycles. The fraction of sp³-hybridized carbons (Fsp3) is 0.0714. The number of carbonyl (C=O) groups excluding carboxylic acids is 2. The van der Waals surface area contributed by atoms with Crippen LogP contribution in [0.3, 0.4) is 0 Å². The van der Waals surface area contributed by atoms with Crippen LogP contribution in [0.1, 0.15) is 21.6 Å². The lowest BCUT2D eigenvalue weighted by molar-refractivity contribution is -0.114. The molecule has 0 saturated carbocycles. The number of ketones is 1. The highest BCUT2D eigenvalue weighted by Crippen LogP contribution is 2.40. The van der Waals surface area contributed by atoms with Crippen LogP contribution in [0.5, 0.6) is 5.88 Å². The van der Waals surface area contributed by atoms with Gasteiger partial charge < -0.3 is 4.74 Å². The number of benzene rings is 3. The van der Waals surface area contributed by atoms with Gasteiger partial charge in [-0.25, -0.2) is 4.68 Å². The Kier molecular flexibility index (Phi) is 5.27. The molecule has 36 heavy (non-hydrogen) atoms. The Morgan fingerprint density at radius 2 is 1.56 bits per heavy atom. The quantitative estimate of drug-likeness (QED) is 0.362. The largest absolute Gasteiger partial charge is 0.471 e. The number of fused-ring (bicyclic) bond motifs is 2. The highest BCUT2D eigenvalue weighted by molar-refractivity contribution is 6.45. The third-order valence-electron chi connectivity index (χ3n) is 6.11. The number of hydrogen-bond acceptors (Lipinski definition) is 5. The van der Waals surface area contributed by atoms with Gasteiger partial charge in [0, 0.05) is 10.6 Å². The van der Waals surface area contributed by atoms with Crippen LogP contribution in [0.15, 0.2) is 95.6 Å². The number of carbonyl (C=O) groups is 2. The van der Waals surface area contributed by atoms with Crippen LogP contribution in [-0.2, 0) is 4.79 Å². The fourth-order valence-corrected chi connectivity index (χ4v) is 4.57. The first-order valence-corrected chi connectivity index (χ1v) is 11.7. The summed E-state index contributed by atoms with van der Waals surface area (Å²) in [6.45, 7) is 1.81. The van der Waals surface area contributed by atoms with Crippen molar-refractivity contribution in [2.24, 2.45) is 5.10 Å². The van der Waals surface area contributed by atoms with Crippen molar-refractivity contribution in [1.29, 1.82) is 0 Å². The maximum absolute atomic E-state index is 14.0. The molecule has 0 spiro atoms. The molecule has 0 unspecified atom stereocenters. The first kappa shape index (κ1) is 22.0. The predicted octanol–water partition coefficient (Wildman–Crippen LogP) is 5.27. The summed E-state index contributed by atoms with van der Waals surface area (Å²) in [6.07, 6.45) is 0. The molecule has 0 radical (unpaired) electrons. The molecular weight excluding hydrogens is 476 g/mol. The second-order valence-corrected chi connectivity index (χ2v) is 8.82. The normalized spacial score (nSPS) is 14.7. The Balaban J connectivity index is 1.59. The van der Waals surface area contributed by atoms with Crippen molar-refractivity contribution in [3.05, 3.63) is 112 Å². The van der Waals surface area contributed by atoms with Crippen molar-refractivity contribution in [2.75, 3.05) is 11.6 Å². The van der Waals surface area contributed by atoms with Crippen molar-refractivity contribution in [3.63, 3.8) is 0 Å². The van der Waals surface area contributed by atoms with E-state index in [1.54, 1.807) is 48.0 Å². The van der Waals surface area contributed by atoms with Crippen molar-refractivity contribution in [2.45, 2.75) is 6.92 Å². The predicted molar refractivity (Wildman–Crippen MR) is 138 cm³/mol. The first-order valence-electron chi connectivity index (χ1n) is 11.3. The van der Waals surface area contributed by atoms with Gasteiger partial charge in [0.05, 0.1) is 33.8 Å². The lowest BCUT2D eigenvalue weighted by Gasteiger charge is -2.14. The van der Waals surface area contributed by atoms with E-state index in [9.17, 15) is 9.59 Å². The summed E-state index contributed by atoms with van der Waals surface area (Å²) in [5.41, 5.74) is 3.62. The first-order chi connectivity index (χ1) is 17.5. The molecule has 8 heteroatoms. The molecule has 2 aliphatic rings. The number of hydrogen-bond donors (Lipinski definition) is 0. The van der Waals surface area contributed by atoms with E-state index < -0.39 is 5.91 Å². The third kappa shape index (κ3) is 3.52. The molecule has 176 valence electrons. The number of anilines is 1. The number of ether oxygens (including phenoxy) is 1. The van der Waals surface area contributed by atoms with Crippen LogP contribution in [0.2, 0.25) is 5.02 Å². The summed E-state index contributed by atoms with van der Waals surface area (Å²) in [5, 5.41) is 11.1. The van der Waals surface area contributed by atoms with Crippen LogP contribution < -0.4 is 9.75 Å². The summed E-state index contributed by atoms with van der Waals surface area (Å²) in [5.74, 6) is -0.336. The average Bonchev–Trinajstić information content (AvgIpc) is 3.34. The van der Waals surface area contributed by atoms with E-state index in [0.29, 0.717) is 39.1 Å². The highest BCUT2D eigenvalue weighted by atomic mass is 35.5. The summed E-state index contributed by atoms with van der Waals surface area (Å²) >= 11 is 6.07. The maximum atomic E-state index is 14.0. The summed E-state index contributed by atoms with van der Waals surface area (Å²) in [4.78, 5) is 27.8. The third-order valence-corrected chi connectivity index (χ3v) is 6.37. The maximum Gasteiger partial charge on any atom is 0.281 e. The summed E-state index contributed by atoms with van der Waals surface area (Å²) < 4.78 is 7.87. The molecule has 0 fully saturated rings. The van der Waals surface area contributed by atoms with Crippen LogP contribution in [-0.4, -0.2) is 33.8 Å². The zero-order valence-electron chi connectivity index (χ0n) is 19.2. The van der Waals surface area contributed by atoms with Gasteiger partial charge in [-0.2, -0.15) is 15.2 Å². The molecule has 4 aromatic rings. The molecule has 2 aliphatic heterocycles. The fourth-order valence-electron chi connectivity index (χ4n) is 4.45. The molecule has 6 rings (SSSR count). The van der Waals surface area contributed by atoms with Gasteiger partial charge in [0.1, 0.15) is 12.3 Å². The van der Waals surface area contributed by atoms with E-state index in [-0.39, 0.29) is 23.5 Å². The van der Waals surface area contributed by atoms with Gasteiger partial charge in [-0.3, -0.25) is 9.59 Å². The van der Waals surface area contributed by atoms with Gasteiger partial charge in [0.2, 0.25) is 5.88 Å². The zero-order valence-corrected chi connectivity index (χ0v) is 19.9. The van der Waals surface area contributed by atoms with Gasteiger partial charge >= 0.3 is 0 Å². The number of rotatable bonds is 4. The Hall–Kier alpha value is -4.49. The second-order valence-electron chi connectivity index (χ2n) is 8.39. The number of aryl methyl sites for hydroxylation is 1. The standard InChI is InChI=1S/C28H19ClN4O3/c1-17-23-25(26(34)18-12-14-19(29)15-13-18)24-22(31-32(27(24)35)20-8-4-2-5-9-20)16-36-28(23)33(30-17)21-10-6-3-7-11-21/h2-15H,16H2,1H3. The Morgan fingerprint density at radius 3 is 2.22 bits per heavy atom. The number of allylic oxidation sites excluding steroid dienone is 1. The molecule has 0 atom stereocenters. The molecule has 3 heterocycles. The Morgan fingerprint density at radius 1 is 0.917 bits per heavy atom. The highest BCUT2D eigenvalue weighted by Gasteiger charge is 2.41. The van der Waals surface area contributed by atoms with Gasteiger partial charge in [-0.1, -0.05) is 48.0 Å². The minimum absolute atomic E-state index is 0.00672. The molecule has 1 amide bonds. The SMILES string of the molecule is Cc1nn(-c2ccccc2)c2c1C(C(=O)c1ccc(Cl)cc1)=C1C(=O)N(c3ccccc3)N=C1CO2. The topological polar surface area (TPSA) is 76.8 Å². The van der Waals surface area contributed by atoms with Crippen molar-refractivity contribution >= 4 is 40.3 Å².